The van der Waals surface area contributed by atoms with Gasteiger partial charge >= 0.3 is 11.7 Å². The molecule has 1 aromatic carbocycles. The SMILES string of the molecule is O=C(O)c1ccc2c(c1)n(C[C@@H]1CCCO1)c(=O)n2CC1CC1. The van der Waals surface area contributed by atoms with Gasteiger partial charge in [0, 0.05) is 13.2 Å². The molecule has 0 spiro atoms. The first kappa shape index (κ1) is 14.5. The van der Waals surface area contributed by atoms with Crippen LogP contribution < -0.4 is 5.69 Å². The van der Waals surface area contributed by atoms with E-state index in [2.05, 4.69) is 0 Å². The van der Waals surface area contributed by atoms with Gasteiger partial charge in [0.15, 0.2) is 0 Å². The van der Waals surface area contributed by atoms with Crippen molar-refractivity contribution in [3.63, 3.8) is 0 Å². The zero-order valence-electron chi connectivity index (χ0n) is 12.9. The molecule has 1 saturated heterocycles. The second kappa shape index (κ2) is 5.53. The van der Waals surface area contributed by atoms with E-state index in [0.29, 0.717) is 18.0 Å². The lowest BCUT2D eigenvalue weighted by Gasteiger charge is -2.10. The van der Waals surface area contributed by atoms with E-state index in [9.17, 15) is 14.7 Å². The summed E-state index contributed by atoms with van der Waals surface area (Å²) >= 11 is 0. The minimum absolute atomic E-state index is 0.0427. The van der Waals surface area contributed by atoms with E-state index in [-0.39, 0.29) is 17.4 Å². The molecule has 1 aliphatic carbocycles. The standard InChI is InChI=1S/C17H20N2O4/c20-16(21)12-5-6-14-15(8-12)19(10-13-2-1-7-23-13)17(22)18(14)9-11-3-4-11/h5-6,8,11,13H,1-4,7,9-10H2,(H,20,21)/t13-/m0/s1. The van der Waals surface area contributed by atoms with E-state index >= 15 is 0 Å². The van der Waals surface area contributed by atoms with Gasteiger partial charge in [-0.05, 0) is 49.8 Å². The molecular formula is C17H20N2O4. The molecule has 2 aromatic rings. The van der Waals surface area contributed by atoms with Crippen molar-refractivity contribution < 1.29 is 14.6 Å². The third kappa shape index (κ3) is 2.67. The normalized spacial score (nSPS) is 21.1. The van der Waals surface area contributed by atoms with Crippen LogP contribution in [-0.2, 0) is 17.8 Å². The van der Waals surface area contributed by atoms with E-state index in [0.717, 1.165) is 44.4 Å². The first-order chi connectivity index (χ1) is 11.1. The quantitative estimate of drug-likeness (QED) is 0.916. The molecule has 1 saturated carbocycles. The average molecular weight is 316 g/mol. The minimum atomic E-state index is -0.974. The van der Waals surface area contributed by atoms with Crippen molar-refractivity contribution in [3.05, 3.63) is 34.2 Å². The molecule has 2 heterocycles. The van der Waals surface area contributed by atoms with Crippen LogP contribution in [0.25, 0.3) is 11.0 Å². The Hall–Kier alpha value is -2.08. The van der Waals surface area contributed by atoms with Crippen molar-refractivity contribution in [3.8, 4) is 0 Å². The van der Waals surface area contributed by atoms with Crippen LogP contribution in [0.3, 0.4) is 0 Å². The van der Waals surface area contributed by atoms with Crippen LogP contribution in [0.4, 0.5) is 0 Å². The third-order valence-electron chi connectivity index (χ3n) is 4.81. The molecule has 1 atom stereocenters. The maximum atomic E-state index is 12.8. The molecule has 0 amide bonds. The zero-order valence-corrected chi connectivity index (χ0v) is 12.9. The number of fused-ring (bicyclic) bond motifs is 1. The van der Waals surface area contributed by atoms with Crippen molar-refractivity contribution in [1.29, 1.82) is 0 Å². The minimum Gasteiger partial charge on any atom is -0.478 e. The highest BCUT2D eigenvalue weighted by Gasteiger charge is 2.26. The van der Waals surface area contributed by atoms with Gasteiger partial charge < -0.3 is 9.84 Å². The lowest BCUT2D eigenvalue weighted by molar-refractivity contribution is 0.0697. The number of rotatable bonds is 5. The van der Waals surface area contributed by atoms with Crippen molar-refractivity contribution in [1.82, 2.24) is 9.13 Å². The van der Waals surface area contributed by atoms with Crippen molar-refractivity contribution in [2.75, 3.05) is 6.61 Å². The summed E-state index contributed by atoms with van der Waals surface area (Å²) in [6.07, 6.45) is 4.33. The molecule has 1 aromatic heterocycles. The Morgan fingerprint density at radius 2 is 1.96 bits per heavy atom. The van der Waals surface area contributed by atoms with Crippen molar-refractivity contribution >= 4 is 17.0 Å². The largest absolute Gasteiger partial charge is 0.478 e. The Labute approximate surface area is 133 Å². The number of hydrogen-bond acceptors (Lipinski definition) is 3. The van der Waals surface area contributed by atoms with Gasteiger partial charge in [0.1, 0.15) is 0 Å². The number of nitrogens with zero attached hydrogens (tertiary/aromatic N) is 2. The zero-order chi connectivity index (χ0) is 16.0. The van der Waals surface area contributed by atoms with Crippen LogP contribution in [-0.4, -0.2) is 32.9 Å². The molecule has 122 valence electrons. The molecule has 2 fully saturated rings. The van der Waals surface area contributed by atoms with Crippen LogP contribution in [0.5, 0.6) is 0 Å². The highest BCUT2D eigenvalue weighted by molar-refractivity contribution is 5.92. The van der Waals surface area contributed by atoms with E-state index in [4.69, 9.17) is 4.74 Å². The molecule has 4 rings (SSSR count). The molecule has 0 unspecified atom stereocenters. The van der Waals surface area contributed by atoms with Gasteiger partial charge in [0.2, 0.25) is 0 Å². The van der Waals surface area contributed by atoms with Crippen molar-refractivity contribution in [2.45, 2.75) is 44.9 Å². The van der Waals surface area contributed by atoms with Crippen LogP contribution in [0.1, 0.15) is 36.0 Å². The predicted molar refractivity (Wildman–Crippen MR) is 84.9 cm³/mol. The van der Waals surface area contributed by atoms with E-state index in [1.165, 1.54) is 0 Å². The fourth-order valence-corrected chi connectivity index (χ4v) is 3.36. The summed E-state index contributed by atoms with van der Waals surface area (Å²) in [6.45, 7) is 1.96. The number of carbonyl (C=O) groups is 1. The number of aromatic nitrogens is 2. The molecule has 6 nitrogen and oxygen atoms in total. The maximum absolute atomic E-state index is 12.8. The average Bonchev–Trinajstić information content (AvgIpc) is 3.14. The molecule has 2 aliphatic rings. The summed E-state index contributed by atoms with van der Waals surface area (Å²) in [4.78, 5) is 24.1. The van der Waals surface area contributed by atoms with E-state index in [1.54, 1.807) is 27.3 Å². The number of carboxylic acid groups (broad SMARTS) is 1. The molecule has 1 N–H and O–H groups in total. The lowest BCUT2D eigenvalue weighted by atomic mass is 10.2. The summed E-state index contributed by atoms with van der Waals surface area (Å²) in [6, 6.07) is 4.94. The van der Waals surface area contributed by atoms with Crippen molar-refractivity contribution in [2.24, 2.45) is 5.92 Å². The van der Waals surface area contributed by atoms with Crippen LogP contribution in [0.2, 0.25) is 0 Å². The first-order valence-electron chi connectivity index (χ1n) is 8.21. The Morgan fingerprint density at radius 1 is 1.17 bits per heavy atom. The fraction of sp³-hybridized carbons (Fsp3) is 0.529. The number of imidazole rings is 1. The molecule has 1 aliphatic heterocycles. The van der Waals surface area contributed by atoms with E-state index in [1.807, 2.05) is 0 Å². The Balaban J connectivity index is 1.82. The Morgan fingerprint density at radius 3 is 2.61 bits per heavy atom. The first-order valence-corrected chi connectivity index (χ1v) is 8.21. The lowest BCUT2D eigenvalue weighted by Crippen LogP contribution is -2.29. The number of hydrogen-bond donors (Lipinski definition) is 1. The Bertz CT molecular complexity index is 810. The van der Waals surface area contributed by atoms with Gasteiger partial charge in [-0.2, -0.15) is 0 Å². The monoisotopic (exact) mass is 316 g/mol. The maximum Gasteiger partial charge on any atom is 0.335 e. The third-order valence-corrected chi connectivity index (χ3v) is 4.81. The number of aromatic carboxylic acids is 1. The van der Waals surface area contributed by atoms with E-state index < -0.39 is 5.97 Å². The van der Waals surface area contributed by atoms with Crippen LogP contribution >= 0.6 is 0 Å². The highest BCUT2D eigenvalue weighted by atomic mass is 16.5. The molecular weight excluding hydrogens is 296 g/mol. The predicted octanol–water partition coefficient (Wildman–Crippen LogP) is 2.09. The molecule has 23 heavy (non-hydrogen) atoms. The topological polar surface area (TPSA) is 73.5 Å². The van der Waals surface area contributed by atoms with Gasteiger partial charge in [-0.1, -0.05) is 0 Å². The Kier molecular flexibility index (Phi) is 3.49. The molecule has 6 heteroatoms. The van der Waals surface area contributed by atoms with Gasteiger partial charge in [-0.15, -0.1) is 0 Å². The molecule has 0 radical (unpaired) electrons. The molecule has 0 bridgehead atoms. The van der Waals surface area contributed by atoms with Gasteiger partial charge in [-0.25, -0.2) is 9.59 Å². The summed E-state index contributed by atoms with van der Waals surface area (Å²) in [5.41, 5.74) is 1.68. The summed E-state index contributed by atoms with van der Waals surface area (Å²) in [5, 5.41) is 9.23. The number of carboxylic acids is 1. The second-order valence-corrected chi connectivity index (χ2v) is 6.59. The van der Waals surface area contributed by atoms with Gasteiger partial charge in [0.25, 0.3) is 0 Å². The van der Waals surface area contributed by atoms with Crippen LogP contribution in [0.15, 0.2) is 23.0 Å². The van der Waals surface area contributed by atoms with Crippen LogP contribution in [0, 0.1) is 5.92 Å². The van der Waals surface area contributed by atoms with Gasteiger partial charge in [-0.3, -0.25) is 9.13 Å². The number of benzene rings is 1. The summed E-state index contributed by atoms with van der Waals surface area (Å²) in [7, 11) is 0. The summed E-state index contributed by atoms with van der Waals surface area (Å²) in [5.74, 6) is -0.397. The van der Waals surface area contributed by atoms with Gasteiger partial charge in [0.05, 0.1) is 29.2 Å². The summed E-state index contributed by atoms with van der Waals surface area (Å²) < 4.78 is 9.15. The second-order valence-electron chi connectivity index (χ2n) is 6.59. The highest BCUT2D eigenvalue weighted by Crippen LogP contribution is 2.31. The fourth-order valence-electron chi connectivity index (χ4n) is 3.36. The number of ether oxygens (including phenoxy) is 1. The smallest absolute Gasteiger partial charge is 0.335 e.